The summed E-state index contributed by atoms with van der Waals surface area (Å²) in [5, 5.41) is 2.29. The van der Waals surface area contributed by atoms with E-state index in [-0.39, 0.29) is 5.04 Å². The number of rotatable bonds is 11. The van der Waals surface area contributed by atoms with Crippen molar-refractivity contribution >= 4 is 25.0 Å². The van der Waals surface area contributed by atoms with Gasteiger partial charge in [0.25, 0.3) is 8.32 Å². The third kappa shape index (κ3) is 6.00. The van der Waals surface area contributed by atoms with Crippen LogP contribution in [0.2, 0.25) is 5.04 Å². The molecule has 0 amide bonds. The third-order valence-electron chi connectivity index (χ3n) is 5.41. The average Bonchev–Trinajstić information content (AvgIpc) is 2.73. The molecule has 0 fully saturated rings. The van der Waals surface area contributed by atoms with Crippen LogP contribution in [0.3, 0.4) is 0 Å². The van der Waals surface area contributed by atoms with Crippen LogP contribution in [-0.2, 0) is 9.22 Å². The Hall–Kier alpha value is -1.97. The maximum Gasteiger partial charge on any atom is 0.262 e. The predicted octanol–water partition coefficient (Wildman–Crippen LogP) is 5.66. The number of benzene rings is 2. The van der Waals surface area contributed by atoms with Gasteiger partial charge in [0.15, 0.2) is 0 Å². The minimum Gasteiger partial charge on any atom is -0.397 e. The minimum absolute atomic E-state index is 0.123. The fourth-order valence-electron chi connectivity index (χ4n) is 3.91. The Labute approximate surface area is 178 Å². The fraction of sp³-hybridized carbons (Fsp3) is 0.423. The van der Waals surface area contributed by atoms with E-state index in [1.54, 1.807) is 0 Å². The van der Waals surface area contributed by atoms with E-state index in [0.717, 1.165) is 12.7 Å². The van der Waals surface area contributed by atoms with Gasteiger partial charge in [-0.1, -0.05) is 113 Å². The van der Waals surface area contributed by atoms with Crippen molar-refractivity contribution in [2.45, 2.75) is 70.9 Å². The summed E-state index contributed by atoms with van der Waals surface area (Å²) in [6.45, 7) is 8.93. The Bertz CT molecular complexity index is 708. The molecule has 3 heteroatoms. The van der Waals surface area contributed by atoms with Gasteiger partial charge in [0.1, 0.15) is 12.4 Å². The Morgan fingerprint density at radius 2 is 1.45 bits per heavy atom. The summed E-state index contributed by atoms with van der Waals surface area (Å²) >= 11 is 0. The number of carbonyl (C=O) groups is 1. The van der Waals surface area contributed by atoms with Gasteiger partial charge in [-0.2, -0.15) is 0 Å². The summed E-state index contributed by atoms with van der Waals surface area (Å²) in [4.78, 5) is 12.0. The van der Waals surface area contributed by atoms with Gasteiger partial charge in [0.05, 0.1) is 0 Å². The Balaban J connectivity index is 2.38. The zero-order valence-electron chi connectivity index (χ0n) is 18.4. The second-order valence-electron chi connectivity index (χ2n) is 8.66. The lowest BCUT2D eigenvalue weighted by atomic mass is 10.2. The van der Waals surface area contributed by atoms with Crippen molar-refractivity contribution in [1.29, 1.82) is 0 Å². The summed E-state index contributed by atoms with van der Waals surface area (Å²) in [6.07, 6.45) is 10.2. The molecule has 0 radical (unpaired) electrons. The topological polar surface area (TPSA) is 26.3 Å². The molecule has 0 aliphatic heterocycles. The number of allylic oxidation sites excluding steroid dienone is 1. The first kappa shape index (κ1) is 23.3. The van der Waals surface area contributed by atoms with E-state index in [2.05, 4.69) is 88.4 Å². The molecule has 1 atom stereocenters. The second-order valence-corrected chi connectivity index (χ2v) is 12.9. The molecule has 0 N–H and O–H groups in total. The Morgan fingerprint density at radius 3 is 1.90 bits per heavy atom. The highest BCUT2D eigenvalue weighted by atomic mass is 28.4. The molecule has 29 heavy (non-hydrogen) atoms. The number of aldehydes is 1. The average molecular weight is 409 g/mol. The SMILES string of the molecule is CCCCC/C=C/C[C@H](C=O)O[Si](c1ccccc1)(c1ccccc1)C(C)(C)C. The van der Waals surface area contributed by atoms with Gasteiger partial charge in [-0.3, -0.25) is 0 Å². The fourth-order valence-corrected chi connectivity index (χ4v) is 8.53. The molecular formula is C26H36O2Si. The molecule has 0 heterocycles. The maximum absolute atomic E-state index is 12.0. The molecule has 156 valence electrons. The number of carbonyl (C=O) groups excluding carboxylic acids is 1. The van der Waals surface area contributed by atoms with Gasteiger partial charge in [-0.25, -0.2) is 0 Å². The van der Waals surface area contributed by atoms with Crippen molar-refractivity contribution < 1.29 is 9.22 Å². The predicted molar refractivity (Wildman–Crippen MR) is 126 cm³/mol. The molecule has 0 saturated heterocycles. The molecular weight excluding hydrogens is 372 g/mol. The van der Waals surface area contributed by atoms with Crippen molar-refractivity contribution in [3.8, 4) is 0 Å². The molecule has 2 rings (SSSR count). The van der Waals surface area contributed by atoms with Crippen LogP contribution in [0.15, 0.2) is 72.8 Å². The first-order valence-corrected chi connectivity index (χ1v) is 12.8. The van der Waals surface area contributed by atoms with Crippen molar-refractivity contribution in [2.75, 3.05) is 0 Å². The normalized spacial score (nSPS) is 13.5. The first-order chi connectivity index (χ1) is 14.0. The van der Waals surface area contributed by atoms with Gasteiger partial charge in [-0.15, -0.1) is 0 Å². The van der Waals surface area contributed by atoms with E-state index in [9.17, 15) is 4.79 Å². The molecule has 2 aromatic rings. The standard InChI is InChI=1S/C26H36O2Si/c1-5-6-7-8-9-12-17-23(22-27)28-29(26(2,3)4,24-18-13-10-14-19-24)25-20-15-11-16-21-25/h9-16,18-23H,5-8,17H2,1-4H3/b12-9+/t23-/m1/s1. The zero-order valence-corrected chi connectivity index (χ0v) is 19.4. The summed E-state index contributed by atoms with van der Waals surface area (Å²) in [5.41, 5.74) is 0. The maximum atomic E-state index is 12.0. The van der Waals surface area contributed by atoms with Gasteiger partial charge in [0.2, 0.25) is 0 Å². The highest BCUT2D eigenvalue weighted by Gasteiger charge is 2.51. The lowest BCUT2D eigenvalue weighted by molar-refractivity contribution is -0.113. The van der Waals surface area contributed by atoms with Crippen LogP contribution in [-0.4, -0.2) is 20.7 Å². The van der Waals surface area contributed by atoms with E-state index in [1.165, 1.54) is 29.6 Å². The van der Waals surface area contributed by atoms with Crippen LogP contribution >= 0.6 is 0 Å². The number of hydrogen-bond donors (Lipinski definition) is 0. The van der Waals surface area contributed by atoms with Gasteiger partial charge >= 0.3 is 0 Å². The van der Waals surface area contributed by atoms with Crippen molar-refractivity contribution in [1.82, 2.24) is 0 Å². The smallest absolute Gasteiger partial charge is 0.262 e. The Morgan fingerprint density at radius 1 is 0.897 bits per heavy atom. The monoisotopic (exact) mass is 408 g/mol. The summed E-state index contributed by atoms with van der Waals surface area (Å²) in [5.74, 6) is 0. The van der Waals surface area contributed by atoms with Crippen LogP contribution in [0.4, 0.5) is 0 Å². The molecule has 0 unspecified atom stereocenters. The summed E-state index contributed by atoms with van der Waals surface area (Å²) in [6, 6.07) is 21.0. The van der Waals surface area contributed by atoms with Crippen molar-refractivity contribution in [3.63, 3.8) is 0 Å². The van der Waals surface area contributed by atoms with E-state index >= 15 is 0 Å². The van der Waals surface area contributed by atoms with Gasteiger partial charge in [-0.05, 0) is 34.7 Å². The van der Waals surface area contributed by atoms with E-state index in [1.807, 2.05) is 12.1 Å². The quantitative estimate of drug-likeness (QED) is 0.208. The van der Waals surface area contributed by atoms with Crippen LogP contribution < -0.4 is 10.4 Å². The third-order valence-corrected chi connectivity index (χ3v) is 10.5. The minimum atomic E-state index is -2.68. The Kier molecular flexibility index (Phi) is 9.06. The molecule has 0 aliphatic rings. The highest BCUT2D eigenvalue weighted by Crippen LogP contribution is 2.37. The van der Waals surface area contributed by atoms with E-state index in [0.29, 0.717) is 6.42 Å². The molecule has 0 bridgehead atoms. The van der Waals surface area contributed by atoms with Gasteiger partial charge in [0, 0.05) is 0 Å². The van der Waals surface area contributed by atoms with Crippen LogP contribution in [0, 0.1) is 0 Å². The molecule has 0 aliphatic carbocycles. The lowest BCUT2D eigenvalue weighted by Gasteiger charge is -2.44. The number of hydrogen-bond acceptors (Lipinski definition) is 2. The zero-order chi connectivity index (χ0) is 21.2. The van der Waals surface area contributed by atoms with Crippen molar-refractivity contribution in [3.05, 3.63) is 72.8 Å². The lowest BCUT2D eigenvalue weighted by Crippen LogP contribution is -2.67. The van der Waals surface area contributed by atoms with Crippen LogP contribution in [0.25, 0.3) is 0 Å². The van der Waals surface area contributed by atoms with E-state index < -0.39 is 14.4 Å². The molecule has 2 aromatic carbocycles. The van der Waals surface area contributed by atoms with Crippen molar-refractivity contribution in [2.24, 2.45) is 0 Å². The molecule has 2 nitrogen and oxygen atoms in total. The molecule has 0 aromatic heterocycles. The van der Waals surface area contributed by atoms with Crippen LogP contribution in [0.5, 0.6) is 0 Å². The summed E-state index contributed by atoms with van der Waals surface area (Å²) < 4.78 is 6.87. The number of unbranched alkanes of at least 4 members (excludes halogenated alkanes) is 3. The highest BCUT2D eigenvalue weighted by molar-refractivity contribution is 6.99. The van der Waals surface area contributed by atoms with Crippen LogP contribution in [0.1, 0.15) is 59.8 Å². The molecule has 0 spiro atoms. The summed E-state index contributed by atoms with van der Waals surface area (Å²) in [7, 11) is -2.68. The largest absolute Gasteiger partial charge is 0.397 e. The van der Waals surface area contributed by atoms with E-state index in [4.69, 9.17) is 4.43 Å². The first-order valence-electron chi connectivity index (χ1n) is 10.8. The molecule has 0 saturated carbocycles. The second kappa shape index (κ2) is 11.3. The van der Waals surface area contributed by atoms with Gasteiger partial charge < -0.3 is 9.22 Å².